The maximum Gasteiger partial charge on any atom is 1.00 e. The van der Waals surface area contributed by atoms with Crippen LogP contribution in [0.3, 0.4) is 0 Å². The zero-order valence-electron chi connectivity index (χ0n) is 5.67. The molecular formula is C3H2Cl2KN3. The van der Waals surface area contributed by atoms with Gasteiger partial charge >= 0.3 is 51.4 Å². The molecule has 0 bridgehead atoms. The van der Waals surface area contributed by atoms with Crippen LogP contribution in [0.25, 0.3) is 0 Å². The molecule has 0 spiro atoms. The quantitative estimate of drug-likeness (QED) is 0.457. The fourth-order valence-electron chi connectivity index (χ4n) is 0.243. The van der Waals surface area contributed by atoms with Crippen LogP contribution < -0.4 is 51.4 Å². The molecule has 44 valence electrons. The molecule has 0 aliphatic rings. The molecule has 0 amide bonds. The van der Waals surface area contributed by atoms with Crippen molar-refractivity contribution in [1.29, 1.82) is 0 Å². The Labute approximate surface area is 106 Å². The van der Waals surface area contributed by atoms with Gasteiger partial charge in [0, 0.05) is 0 Å². The molecule has 0 saturated heterocycles. The number of nitrogens with zero attached hydrogens (tertiary/aromatic N) is 3. The molecule has 0 fully saturated rings. The van der Waals surface area contributed by atoms with E-state index in [2.05, 4.69) is 15.4 Å². The van der Waals surface area contributed by atoms with Gasteiger partial charge in [-0.25, -0.2) is 0 Å². The van der Waals surface area contributed by atoms with Crippen molar-refractivity contribution in [2.24, 2.45) is 0 Å². The smallest absolute Gasteiger partial charge is 1.00 e. The van der Waals surface area contributed by atoms with Crippen LogP contribution >= 0.6 is 23.2 Å². The van der Waals surface area contributed by atoms with Gasteiger partial charge in [-0.05, 0) is 5.21 Å². The first-order valence-corrected chi connectivity index (χ1v) is 2.55. The van der Waals surface area contributed by atoms with E-state index in [9.17, 15) is 0 Å². The summed E-state index contributed by atoms with van der Waals surface area (Å²) in [7, 11) is 0. The second-order valence-electron chi connectivity index (χ2n) is 1.07. The molecule has 0 aliphatic heterocycles. The molecule has 9 heavy (non-hydrogen) atoms. The summed E-state index contributed by atoms with van der Waals surface area (Å²) in [6.45, 7) is 0. The number of hydrogen-bond donors (Lipinski definition) is 0. The van der Waals surface area contributed by atoms with E-state index in [1.165, 1.54) is 6.20 Å². The number of aromatic nitrogens is 3. The second-order valence-corrected chi connectivity index (χ2v) is 1.84. The Bertz CT molecular complexity index is 178. The topological polar surface area (TPSA) is 38.7 Å². The zero-order chi connectivity index (χ0) is 5.98. The first-order valence-electron chi connectivity index (χ1n) is 1.80. The van der Waals surface area contributed by atoms with Gasteiger partial charge in [0.1, 0.15) is 5.02 Å². The van der Waals surface area contributed by atoms with Crippen molar-refractivity contribution < 1.29 is 52.8 Å². The van der Waals surface area contributed by atoms with Crippen LogP contribution in [0, 0.1) is 0 Å². The molecular weight excluding hydrogens is 188 g/mol. The predicted octanol–water partition coefficient (Wildman–Crippen LogP) is -1.71. The molecule has 0 atom stereocenters. The summed E-state index contributed by atoms with van der Waals surface area (Å²) in [6.07, 6.45) is 1.33. The van der Waals surface area contributed by atoms with E-state index in [-0.39, 0.29) is 58.0 Å². The summed E-state index contributed by atoms with van der Waals surface area (Å²) in [5, 5.41) is 10.5. The molecule has 1 rings (SSSR count). The van der Waals surface area contributed by atoms with E-state index < -0.39 is 0 Å². The average molecular weight is 190 g/mol. The summed E-state index contributed by atoms with van der Waals surface area (Å²) < 4.78 is 0. The summed E-state index contributed by atoms with van der Waals surface area (Å²) in [5.41, 5.74) is 0. The van der Waals surface area contributed by atoms with Crippen molar-refractivity contribution in [2.45, 2.75) is 0 Å². The maximum absolute atomic E-state index is 5.41. The van der Waals surface area contributed by atoms with Gasteiger partial charge in [-0.1, -0.05) is 23.2 Å². The third kappa shape index (κ3) is 3.22. The van der Waals surface area contributed by atoms with Crippen LogP contribution in [0.2, 0.25) is 10.2 Å². The van der Waals surface area contributed by atoms with Crippen molar-refractivity contribution in [1.82, 2.24) is 15.4 Å². The van der Waals surface area contributed by atoms with E-state index in [0.29, 0.717) is 5.02 Å². The summed E-state index contributed by atoms with van der Waals surface area (Å²) >= 11 is 10.8. The molecule has 3 nitrogen and oxygen atoms in total. The van der Waals surface area contributed by atoms with Crippen molar-refractivity contribution in [2.75, 3.05) is 0 Å². The average Bonchev–Trinajstić information content (AvgIpc) is 1.77. The van der Waals surface area contributed by atoms with Crippen molar-refractivity contribution in [3.8, 4) is 0 Å². The van der Waals surface area contributed by atoms with Crippen LogP contribution in [-0.2, 0) is 0 Å². The first-order chi connectivity index (χ1) is 3.80. The minimum absolute atomic E-state index is 0. The van der Waals surface area contributed by atoms with Gasteiger partial charge < -0.3 is 1.43 Å². The van der Waals surface area contributed by atoms with Crippen LogP contribution in [0.4, 0.5) is 0 Å². The number of hydrogen-bond acceptors (Lipinski definition) is 3. The maximum atomic E-state index is 5.41. The Balaban J connectivity index is 0. The minimum atomic E-state index is 0. The molecule has 6 heteroatoms. The number of halogens is 2. The molecule has 0 aliphatic carbocycles. The normalized spacial score (nSPS) is 8.22. The summed E-state index contributed by atoms with van der Waals surface area (Å²) in [5.74, 6) is 0. The predicted molar refractivity (Wildman–Crippen MR) is 31.0 cm³/mol. The van der Waals surface area contributed by atoms with E-state index in [1.54, 1.807) is 0 Å². The van der Waals surface area contributed by atoms with Gasteiger partial charge in [0.2, 0.25) is 0 Å². The Kier molecular flexibility index (Phi) is 5.63. The second kappa shape index (κ2) is 4.95. The van der Waals surface area contributed by atoms with E-state index >= 15 is 0 Å². The molecule has 0 aromatic carbocycles. The van der Waals surface area contributed by atoms with Crippen molar-refractivity contribution >= 4 is 23.2 Å². The first kappa shape index (κ1) is 10.2. The van der Waals surface area contributed by atoms with Crippen LogP contribution in [-0.4, -0.2) is 15.4 Å². The fraction of sp³-hybridized carbons (Fsp3) is 0. The molecule has 1 heterocycles. The Hall–Kier alpha value is 1.23. The SMILES string of the molecule is Clc1cnnnc1Cl.[H-].[K+]. The van der Waals surface area contributed by atoms with E-state index in [4.69, 9.17) is 23.2 Å². The van der Waals surface area contributed by atoms with Crippen molar-refractivity contribution in [3.63, 3.8) is 0 Å². The van der Waals surface area contributed by atoms with Gasteiger partial charge in [-0.15, -0.1) is 10.2 Å². The third-order valence-electron chi connectivity index (χ3n) is 0.552. The molecule has 0 saturated carbocycles. The Morgan fingerprint density at radius 2 is 2.11 bits per heavy atom. The van der Waals surface area contributed by atoms with Gasteiger partial charge in [-0.3, -0.25) is 0 Å². The van der Waals surface area contributed by atoms with Gasteiger partial charge in [0.05, 0.1) is 6.20 Å². The monoisotopic (exact) mass is 189 g/mol. The number of rotatable bonds is 0. The zero-order valence-corrected chi connectivity index (χ0v) is 9.31. The van der Waals surface area contributed by atoms with E-state index in [0.717, 1.165) is 0 Å². The van der Waals surface area contributed by atoms with E-state index in [1.807, 2.05) is 0 Å². The molecule has 0 N–H and O–H groups in total. The van der Waals surface area contributed by atoms with Gasteiger partial charge in [0.25, 0.3) is 0 Å². The largest absolute Gasteiger partial charge is 1.00 e. The van der Waals surface area contributed by atoms with Gasteiger partial charge in [-0.2, -0.15) is 0 Å². The third-order valence-corrected chi connectivity index (χ3v) is 1.20. The van der Waals surface area contributed by atoms with Crippen LogP contribution in [0.1, 0.15) is 1.43 Å². The van der Waals surface area contributed by atoms with Crippen molar-refractivity contribution in [3.05, 3.63) is 16.4 Å². The molecule has 1 aromatic heterocycles. The van der Waals surface area contributed by atoms with Crippen LogP contribution in [0.5, 0.6) is 0 Å². The summed E-state index contributed by atoms with van der Waals surface area (Å²) in [6, 6.07) is 0. The Morgan fingerprint density at radius 3 is 2.44 bits per heavy atom. The van der Waals surface area contributed by atoms with Crippen LogP contribution in [0.15, 0.2) is 6.20 Å². The minimum Gasteiger partial charge on any atom is -1.00 e. The Morgan fingerprint density at radius 1 is 1.44 bits per heavy atom. The van der Waals surface area contributed by atoms with Gasteiger partial charge in [0.15, 0.2) is 5.15 Å². The summed E-state index contributed by atoms with van der Waals surface area (Å²) in [4.78, 5) is 0. The molecule has 0 unspecified atom stereocenters. The standard InChI is InChI=1S/C3HCl2N3.K.H/c4-2-1-6-8-7-3(2)5;;/h1H;;/q;+1;-1. The fourth-order valence-corrected chi connectivity index (χ4v) is 0.407. The molecule has 0 radical (unpaired) electrons. The molecule has 1 aromatic rings.